The second kappa shape index (κ2) is 10.0. The summed E-state index contributed by atoms with van der Waals surface area (Å²) in [6.45, 7) is 2.03. The Balaban J connectivity index is 1.60. The van der Waals surface area contributed by atoms with Crippen molar-refractivity contribution in [3.05, 3.63) is 112 Å². The molecule has 1 amide bonds. The highest BCUT2D eigenvalue weighted by molar-refractivity contribution is 6.30. The highest BCUT2D eigenvalue weighted by atomic mass is 35.5. The number of H-pyrrole nitrogens is 1. The first-order valence-corrected chi connectivity index (χ1v) is 11.2. The van der Waals surface area contributed by atoms with E-state index >= 15 is 0 Å². The molecule has 0 spiro atoms. The van der Waals surface area contributed by atoms with Crippen molar-refractivity contribution in [3.8, 4) is 11.3 Å². The number of carbonyl (C=O) groups is 1. The molecular weight excluding hydrogens is 441 g/mol. The number of benzene rings is 3. The largest absolute Gasteiger partial charge is 0.349 e. The molecule has 2 N–H and O–H groups in total. The molecule has 0 aliphatic carbocycles. The number of halogens is 2. The van der Waals surface area contributed by atoms with Crippen LogP contribution in [-0.2, 0) is 6.42 Å². The van der Waals surface area contributed by atoms with E-state index in [1.54, 1.807) is 6.20 Å². The van der Waals surface area contributed by atoms with Gasteiger partial charge in [0.25, 0.3) is 5.91 Å². The summed E-state index contributed by atoms with van der Waals surface area (Å²) < 4.78 is 0. The van der Waals surface area contributed by atoms with Gasteiger partial charge in [0.15, 0.2) is 0 Å². The quantitative estimate of drug-likeness (QED) is 0.327. The molecule has 1 heterocycles. The Bertz CT molecular complexity index is 1170. The summed E-state index contributed by atoms with van der Waals surface area (Å²) in [7, 11) is 0. The minimum absolute atomic E-state index is 0.0509. The zero-order chi connectivity index (χ0) is 22.5. The smallest absolute Gasteiger partial charge is 0.252 e. The molecule has 0 aliphatic heterocycles. The lowest BCUT2D eigenvalue weighted by Crippen LogP contribution is -2.38. The lowest BCUT2D eigenvalue weighted by atomic mass is 9.86. The Morgan fingerprint density at radius 2 is 1.59 bits per heavy atom. The molecule has 32 heavy (non-hydrogen) atoms. The van der Waals surface area contributed by atoms with Crippen LogP contribution in [0.25, 0.3) is 11.3 Å². The van der Waals surface area contributed by atoms with Gasteiger partial charge in [-0.05, 0) is 60.9 Å². The van der Waals surface area contributed by atoms with Crippen LogP contribution in [0.15, 0.2) is 85.1 Å². The fourth-order valence-electron chi connectivity index (χ4n) is 3.87. The molecule has 2 unspecified atom stereocenters. The molecule has 0 saturated carbocycles. The number of aromatic amines is 1. The second-order valence-corrected chi connectivity index (χ2v) is 8.63. The molecule has 0 aliphatic rings. The van der Waals surface area contributed by atoms with Gasteiger partial charge < -0.3 is 5.32 Å². The monoisotopic (exact) mass is 463 g/mol. The van der Waals surface area contributed by atoms with Gasteiger partial charge >= 0.3 is 0 Å². The molecule has 162 valence electrons. The highest BCUT2D eigenvalue weighted by Crippen LogP contribution is 2.28. The van der Waals surface area contributed by atoms with Crippen LogP contribution in [0, 0.1) is 0 Å². The van der Waals surface area contributed by atoms with Crippen molar-refractivity contribution >= 4 is 29.1 Å². The average Bonchev–Trinajstić information content (AvgIpc) is 3.34. The summed E-state index contributed by atoms with van der Waals surface area (Å²) in [5.74, 6) is -0.0823. The average molecular weight is 464 g/mol. The topological polar surface area (TPSA) is 57.8 Å². The molecular formula is C26H23Cl2N3O. The Labute approximate surface area is 197 Å². The van der Waals surface area contributed by atoms with E-state index in [1.165, 1.54) is 0 Å². The maximum Gasteiger partial charge on any atom is 0.252 e. The molecule has 3 aromatic carbocycles. The predicted octanol–water partition coefficient (Wildman–Crippen LogP) is 6.53. The predicted molar refractivity (Wildman–Crippen MR) is 130 cm³/mol. The first-order chi connectivity index (χ1) is 15.5. The van der Waals surface area contributed by atoms with Crippen molar-refractivity contribution in [1.29, 1.82) is 0 Å². The number of hydrogen-bond acceptors (Lipinski definition) is 2. The third-order valence-corrected chi connectivity index (χ3v) is 6.08. The number of carbonyl (C=O) groups excluding carboxylic acids is 1. The maximum absolute atomic E-state index is 13.3. The number of aromatic nitrogens is 2. The van der Waals surface area contributed by atoms with E-state index in [4.69, 9.17) is 23.2 Å². The first-order valence-electron chi connectivity index (χ1n) is 10.4. The molecule has 0 fully saturated rings. The summed E-state index contributed by atoms with van der Waals surface area (Å²) >= 11 is 12.2. The number of hydrogen-bond donors (Lipinski definition) is 2. The van der Waals surface area contributed by atoms with Gasteiger partial charge in [-0.2, -0.15) is 5.10 Å². The maximum atomic E-state index is 13.3. The van der Waals surface area contributed by atoms with Crippen molar-refractivity contribution in [2.24, 2.45) is 0 Å². The summed E-state index contributed by atoms with van der Waals surface area (Å²) in [6.07, 6.45) is 2.50. The van der Waals surface area contributed by atoms with Crippen LogP contribution in [0.2, 0.25) is 10.0 Å². The third-order valence-electron chi connectivity index (χ3n) is 5.58. The first kappa shape index (κ1) is 22.1. The number of amides is 1. The molecule has 4 nitrogen and oxygen atoms in total. The summed E-state index contributed by atoms with van der Waals surface area (Å²) in [6, 6.07) is 24.8. The van der Waals surface area contributed by atoms with Gasteiger partial charge in [0.05, 0.1) is 5.69 Å². The van der Waals surface area contributed by atoms with E-state index in [9.17, 15) is 4.79 Å². The van der Waals surface area contributed by atoms with Crippen molar-refractivity contribution in [2.75, 3.05) is 0 Å². The number of nitrogens with zero attached hydrogens (tertiary/aromatic N) is 1. The minimum Gasteiger partial charge on any atom is -0.349 e. The van der Waals surface area contributed by atoms with Crippen LogP contribution in [-0.4, -0.2) is 22.1 Å². The van der Waals surface area contributed by atoms with Gasteiger partial charge in [-0.15, -0.1) is 0 Å². The second-order valence-electron chi connectivity index (χ2n) is 7.76. The zero-order valence-electron chi connectivity index (χ0n) is 17.6. The molecule has 4 rings (SSSR count). The van der Waals surface area contributed by atoms with Crippen LogP contribution in [0.4, 0.5) is 0 Å². The SMILES string of the molecule is CC(NC(=O)c1ccccc1-c1cc[nH]n1)C(Cc1ccc(Cl)cc1)c1ccc(Cl)cc1. The molecule has 6 heteroatoms. The van der Waals surface area contributed by atoms with E-state index in [0.29, 0.717) is 15.6 Å². The van der Waals surface area contributed by atoms with Crippen LogP contribution >= 0.6 is 23.2 Å². The van der Waals surface area contributed by atoms with Crippen LogP contribution in [0.3, 0.4) is 0 Å². The minimum atomic E-state index is -0.133. The van der Waals surface area contributed by atoms with Gasteiger partial charge in [-0.1, -0.05) is 65.7 Å². The molecule has 0 saturated heterocycles. The molecule has 0 radical (unpaired) electrons. The van der Waals surface area contributed by atoms with E-state index in [1.807, 2.05) is 85.8 Å². The fourth-order valence-corrected chi connectivity index (χ4v) is 4.12. The van der Waals surface area contributed by atoms with Crippen LogP contribution < -0.4 is 5.32 Å². The Kier molecular flexibility index (Phi) is 6.93. The van der Waals surface area contributed by atoms with E-state index in [-0.39, 0.29) is 17.9 Å². The van der Waals surface area contributed by atoms with Crippen LogP contribution in [0.1, 0.15) is 34.3 Å². The zero-order valence-corrected chi connectivity index (χ0v) is 19.1. The highest BCUT2D eigenvalue weighted by Gasteiger charge is 2.23. The van der Waals surface area contributed by atoms with Gasteiger partial charge in [0.2, 0.25) is 0 Å². The van der Waals surface area contributed by atoms with Gasteiger partial charge in [-0.25, -0.2) is 0 Å². The number of rotatable bonds is 7. The van der Waals surface area contributed by atoms with Gasteiger partial charge in [-0.3, -0.25) is 9.89 Å². The Morgan fingerprint density at radius 1 is 0.938 bits per heavy atom. The normalized spacial score (nSPS) is 12.8. The molecule has 0 bridgehead atoms. The van der Waals surface area contributed by atoms with E-state index in [2.05, 4.69) is 15.5 Å². The molecule has 4 aromatic rings. The van der Waals surface area contributed by atoms with E-state index < -0.39 is 0 Å². The summed E-state index contributed by atoms with van der Waals surface area (Å²) in [4.78, 5) is 13.3. The summed E-state index contributed by atoms with van der Waals surface area (Å²) in [5.41, 5.74) is 4.37. The van der Waals surface area contributed by atoms with Crippen molar-refractivity contribution in [2.45, 2.75) is 25.3 Å². The van der Waals surface area contributed by atoms with Crippen LogP contribution in [0.5, 0.6) is 0 Å². The van der Waals surface area contributed by atoms with Crippen molar-refractivity contribution in [1.82, 2.24) is 15.5 Å². The standard InChI is InChI=1S/C26H23Cl2N3O/c1-17(30-26(32)23-5-3-2-4-22(23)25-14-15-29-31-25)24(19-8-12-21(28)13-9-19)16-18-6-10-20(27)11-7-18/h2-15,17,24H,16H2,1H3,(H,29,31)(H,30,32). The van der Waals surface area contributed by atoms with Crippen molar-refractivity contribution < 1.29 is 4.79 Å². The Hall–Kier alpha value is -3.08. The van der Waals surface area contributed by atoms with Gasteiger partial charge in [0, 0.05) is 39.3 Å². The van der Waals surface area contributed by atoms with Crippen molar-refractivity contribution in [3.63, 3.8) is 0 Å². The summed E-state index contributed by atoms with van der Waals surface area (Å²) in [5, 5.41) is 11.6. The number of nitrogens with one attached hydrogen (secondary N) is 2. The third kappa shape index (κ3) is 5.21. The fraction of sp³-hybridized carbons (Fsp3) is 0.154. The lowest BCUT2D eigenvalue weighted by molar-refractivity contribution is 0.0935. The molecule has 2 atom stereocenters. The van der Waals surface area contributed by atoms with E-state index in [0.717, 1.165) is 28.8 Å². The Morgan fingerprint density at radius 3 is 2.25 bits per heavy atom. The molecule has 1 aromatic heterocycles. The lowest BCUT2D eigenvalue weighted by Gasteiger charge is -2.26. The van der Waals surface area contributed by atoms with Gasteiger partial charge in [0.1, 0.15) is 0 Å².